The summed E-state index contributed by atoms with van der Waals surface area (Å²) >= 11 is 1.79. The molecule has 0 aliphatic heterocycles. The first kappa shape index (κ1) is 84.7. The molecule has 0 N–H and O–H groups in total. The van der Waals surface area contributed by atoms with Gasteiger partial charge in [0.2, 0.25) is 0 Å². The van der Waals surface area contributed by atoms with Gasteiger partial charge < -0.3 is 8.83 Å². The van der Waals surface area contributed by atoms with E-state index in [2.05, 4.69) is 451 Å². The highest BCUT2D eigenvalue weighted by Gasteiger charge is 2.41. The molecule has 28 aromatic rings. The normalized spacial score (nSPS) is 12.2. The van der Waals surface area contributed by atoms with E-state index in [-0.39, 0.29) is 5.41 Å². The molecule has 29 rings (SSSR count). The van der Waals surface area contributed by atoms with Crippen molar-refractivity contribution in [1.82, 2.24) is 29.9 Å². The molecule has 0 saturated heterocycles. The second-order valence-corrected chi connectivity index (χ2v) is 38.7. The Bertz CT molecular complexity index is 9960. The molecule has 0 atom stereocenters. The van der Waals surface area contributed by atoms with Crippen LogP contribution in [0, 0.1) is 0 Å². The largest absolute Gasteiger partial charge is 0.455 e. The maximum absolute atomic E-state index is 6.40. The number of thiophene rings is 1. The van der Waals surface area contributed by atoms with Gasteiger partial charge in [0.15, 0.2) is 23.1 Å². The van der Waals surface area contributed by atoms with Crippen LogP contribution < -0.4 is 0 Å². The lowest BCUT2D eigenvalue weighted by atomic mass is 9.80. The number of hydrogen-bond donors (Lipinski definition) is 0. The molecule has 0 fully saturated rings. The average Bonchev–Trinajstić information content (AvgIpc) is 1.54. The summed E-state index contributed by atoms with van der Waals surface area (Å²) in [6, 6.07) is 172. The number of hydrogen-bond acceptors (Lipinski definition) is 9. The maximum Gasteiger partial charge on any atom is 0.161 e. The molecule has 0 amide bonds. The molecule has 8 nitrogen and oxygen atoms in total. The molecule has 1 aliphatic rings. The van der Waals surface area contributed by atoms with E-state index in [0.717, 1.165) is 166 Å². The number of furan rings is 2. The van der Waals surface area contributed by atoms with Crippen molar-refractivity contribution in [3.8, 4) is 146 Å². The summed E-state index contributed by atoms with van der Waals surface area (Å²) in [6.07, 6.45) is 0. The van der Waals surface area contributed by atoms with Crippen LogP contribution >= 0.6 is 11.3 Å². The fourth-order valence-corrected chi connectivity index (χ4v) is 22.9. The molecule has 0 radical (unpaired) electrons. The minimum Gasteiger partial charge on any atom is -0.455 e. The van der Waals surface area contributed by atoms with Gasteiger partial charge in [-0.05, 0) is 169 Å². The minimum atomic E-state index is -0.288. The van der Waals surface area contributed by atoms with Crippen molar-refractivity contribution in [2.75, 3.05) is 0 Å². The van der Waals surface area contributed by atoms with E-state index < -0.39 is 0 Å². The van der Waals surface area contributed by atoms with Gasteiger partial charge in [-0.15, -0.1) is 11.3 Å². The Morgan fingerprint density at radius 2 is 0.576 bits per heavy atom. The summed E-state index contributed by atoms with van der Waals surface area (Å²) in [6.45, 7) is 4.63. The molecule has 6 aromatic heterocycles. The van der Waals surface area contributed by atoms with Crippen LogP contribution in [-0.4, -0.2) is 29.9 Å². The monoisotopic (exact) mass is 1850 g/mol. The SMILES string of the molecule is CC1(C)c2ccc3ccccc3c2-c2nc(-c3cc(-c4ccccc4)cc(-c4ccc(-c5cccc6c5oc5ccccc56)cc4)c3)nc(-c3ccccc3)c21.c1ccc(-c2nc(-c3ccc(-c4ccc(-c5ccc6ccccc6c5)cc4)cc3)nc3c2ccc2c4ccccc4oc23)cc1.c1ccc(-c2nc(-c3ccc(-c4cccc5c4ccc4ccccc45)cc3)nc3c2sc2c4ccccc4ccc32)cc1. The molecule has 6 heterocycles. The maximum atomic E-state index is 6.40. The highest BCUT2D eigenvalue weighted by atomic mass is 32.1. The Hall–Kier alpha value is -18.5. The molecule has 674 valence electrons. The van der Waals surface area contributed by atoms with Gasteiger partial charge in [-0.1, -0.05) is 451 Å². The lowest BCUT2D eigenvalue weighted by Crippen LogP contribution is -2.17. The number of nitrogens with zero attached hydrogens (tertiary/aromatic N) is 6. The van der Waals surface area contributed by atoms with Crippen molar-refractivity contribution in [3.05, 3.63) is 496 Å². The highest BCUT2D eigenvalue weighted by molar-refractivity contribution is 7.27. The molecule has 144 heavy (non-hydrogen) atoms. The van der Waals surface area contributed by atoms with E-state index in [1.54, 1.807) is 11.3 Å². The van der Waals surface area contributed by atoms with Gasteiger partial charge in [-0.3, -0.25) is 0 Å². The Labute approximate surface area is 834 Å². The zero-order valence-corrected chi connectivity index (χ0v) is 79.4. The Balaban J connectivity index is 0.000000109. The number of aromatic nitrogens is 6. The molecular weight excluding hydrogens is 1770 g/mol. The van der Waals surface area contributed by atoms with Gasteiger partial charge in [0, 0.05) is 92.5 Å². The summed E-state index contributed by atoms with van der Waals surface area (Å²) in [7, 11) is 0. The van der Waals surface area contributed by atoms with Crippen LogP contribution in [0.15, 0.2) is 494 Å². The van der Waals surface area contributed by atoms with Crippen molar-refractivity contribution in [2.24, 2.45) is 0 Å². The summed E-state index contributed by atoms with van der Waals surface area (Å²) in [5.74, 6) is 2.13. The van der Waals surface area contributed by atoms with Crippen molar-refractivity contribution < 1.29 is 8.83 Å². The first-order valence-electron chi connectivity index (χ1n) is 48.9. The van der Waals surface area contributed by atoms with Crippen molar-refractivity contribution in [1.29, 1.82) is 0 Å². The highest BCUT2D eigenvalue weighted by Crippen LogP contribution is 2.55. The Kier molecular flexibility index (Phi) is 20.7. The van der Waals surface area contributed by atoms with Crippen LogP contribution in [0.25, 0.3) is 275 Å². The van der Waals surface area contributed by atoms with Crippen LogP contribution in [0.3, 0.4) is 0 Å². The molecule has 9 heteroatoms. The molecule has 1 aliphatic carbocycles. The standard InChI is InChI=1S/C53H36N2O.C42H26N2O.C40H24N2S/c1-53(2)45-29-28-35-16-9-10-19-41(35)47(45)50-48(53)49(37-17-7-4-8-18-37)54-52(55-50)40-31-38(33-14-5-3-6-15-33)30-39(32-40)34-24-26-36(27-25-34)42-21-13-22-44-43-20-11-12-23-46(43)56-51(42)44;1-2-9-31(10-3-1)39-37-25-24-36-35-12-6-7-13-38(35)45-41(36)40(37)44-42(43-39)32-21-18-29(19-22-32)28-14-16-30(17-15-28)34-23-20-27-8-4-5-11-33(27)26-34;1-2-11-28(12-3-1)36-39-37(35-24-22-26-10-5-7-14-32(26)38(35)43-39)42-40(41-36)29-19-17-27(18-20-29)31-15-8-16-33-30-13-6-4-9-25(30)21-23-34(31)33/h3-32H,1-2H3;1-26H;1-24H. The first-order valence-corrected chi connectivity index (χ1v) is 49.7. The third-order valence-electron chi connectivity index (χ3n) is 28.8. The predicted molar refractivity (Wildman–Crippen MR) is 601 cm³/mol. The third-order valence-corrected chi connectivity index (χ3v) is 30.1. The van der Waals surface area contributed by atoms with E-state index in [1.807, 2.05) is 48.5 Å². The van der Waals surface area contributed by atoms with Gasteiger partial charge in [0.25, 0.3) is 0 Å². The van der Waals surface area contributed by atoms with Crippen LogP contribution in [0.1, 0.15) is 25.0 Å². The molecule has 0 unspecified atom stereocenters. The fraction of sp³-hybridized carbons (Fsp3) is 0.0222. The molecule has 0 spiro atoms. The van der Waals surface area contributed by atoms with Crippen LogP contribution in [-0.2, 0) is 5.41 Å². The summed E-state index contributed by atoms with van der Waals surface area (Å²) in [5, 5.41) is 19.1. The third kappa shape index (κ3) is 14.9. The lowest BCUT2D eigenvalue weighted by molar-refractivity contribution is 0.658. The van der Waals surface area contributed by atoms with Crippen LogP contribution in [0.5, 0.6) is 0 Å². The van der Waals surface area contributed by atoms with Gasteiger partial charge in [0.05, 0.1) is 33.0 Å². The van der Waals surface area contributed by atoms with Gasteiger partial charge in [-0.2, -0.15) is 0 Å². The second-order valence-electron chi connectivity index (χ2n) is 37.7. The number of benzene rings is 22. The zero-order chi connectivity index (χ0) is 95.5. The fourth-order valence-electron chi connectivity index (χ4n) is 21.6. The molecular formula is C135H86N6O2S. The summed E-state index contributed by atoms with van der Waals surface area (Å²) in [4.78, 5) is 31.7. The zero-order valence-electron chi connectivity index (χ0n) is 78.6. The lowest BCUT2D eigenvalue weighted by Gasteiger charge is -2.24. The second kappa shape index (κ2) is 35.1. The predicted octanol–water partition coefficient (Wildman–Crippen LogP) is 36.8. The molecule has 22 aromatic carbocycles. The van der Waals surface area contributed by atoms with E-state index in [9.17, 15) is 0 Å². The van der Waals surface area contributed by atoms with Gasteiger partial charge >= 0.3 is 0 Å². The first-order chi connectivity index (χ1) is 71.1. The summed E-state index contributed by atoms with van der Waals surface area (Å²) < 4.78 is 15.2. The summed E-state index contributed by atoms with van der Waals surface area (Å²) in [5.41, 5.74) is 32.5. The van der Waals surface area contributed by atoms with Crippen LogP contribution in [0.4, 0.5) is 0 Å². The van der Waals surface area contributed by atoms with Crippen molar-refractivity contribution >= 4 is 140 Å². The van der Waals surface area contributed by atoms with E-state index in [0.29, 0.717) is 11.6 Å². The Morgan fingerprint density at radius 1 is 0.194 bits per heavy atom. The van der Waals surface area contributed by atoms with E-state index in [1.165, 1.54) is 108 Å². The number of rotatable bonds is 12. The van der Waals surface area contributed by atoms with Gasteiger partial charge in [-0.25, -0.2) is 29.9 Å². The Morgan fingerprint density at radius 3 is 1.21 bits per heavy atom. The average molecular weight is 1860 g/mol. The number of fused-ring (bicyclic) bond motifs is 22. The molecule has 0 saturated carbocycles. The minimum absolute atomic E-state index is 0.288. The van der Waals surface area contributed by atoms with E-state index in [4.69, 9.17) is 38.7 Å². The molecule has 0 bridgehead atoms. The smallest absolute Gasteiger partial charge is 0.161 e. The van der Waals surface area contributed by atoms with Crippen molar-refractivity contribution in [2.45, 2.75) is 19.3 Å². The van der Waals surface area contributed by atoms with E-state index >= 15 is 0 Å². The van der Waals surface area contributed by atoms with Crippen molar-refractivity contribution in [3.63, 3.8) is 0 Å². The number of para-hydroxylation sites is 3. The quantitative estimate of drug-likeness (QED) is 0.111. The van der Waals surface area contributed by atoms with Crippen LogP contribution in [0.2, 0.25) is 0 Å². The topological polar surface area (TPSA) is 104 Å². The van der Waals surface area contributed by atoms with Gasteiger partial charge in [0.1, 0.15) is 22.3 Å².